The number of benzene rings is 2. The summed E-state index contributed by atoms with van der Waals surface area (Å²) in [7, 11) is -10.5. The molecule has 2 atom stereocenters. The van der Waals surface area contributed by atoms with Crippen LogP contribution in [0.2, 0.25) is 0 Å². The zero-order chi connectivity index (χ0) is 44.5. The van der Waals surface area contributed by atoms with Crippen molar-refractivity contribution in [2.45, 2.75) is 92.3 Å². The molecule has 2 aliphatic heterocycles. The zero-order valence-corrected chi connectivity index (χ0v) is 36.7. The maximum atomic E-state index is 12.7. The van der Waals surface area contributed by atoms with Gasteiger partial charge in [0.2, 0.25) is 11.6 Å². The van der Waals surface area contributed by atoms with Crippen LogP contribution < -0.4 is 10.2 Å². The lowest BCUT2D eigenvalue weighted by atomic mass is 9.75. The standard InChI is InChI=1S/C40H55N3O14S3/c1-39(19-9-13-37(44)41-21-24-56-3)32-28-30(60(53,54)55)16-18-34(32)43(23-25-57-4)36(39)12-8-11-35-40(2,20-10-26-58(47,48)49)31-27-29(59(50,51)52)15-17-33(31)42(35)22-7-5-6-14-38(45)46/h8,11-12,15-18,27-28H,5-7,9-10,13-14,19-26H2,1-4H3,(H4-,41,44,45,46,47,48,49,50,51,52,53,54,55)/p+1. The van der Waals surface area contributed by atoms with E-state index in [1.54, 1.807) is 25.3 Å². The lowest BCUT2D eigenvalue weighted by molar-refractivity contribution is -0.438. The first kappa shape index (κ1) is 48.6. The van der Waals surface area contributed by atoms with Gasteiger partial charge in [0.05, 0.1) is 34.2 Å². The van der Waals surface area contributed by atoms with E-state index < -0.39 is 52.9 Å². The molecule has 20 heteroatoms. The van der Waals surface area contributed by atoms with Gasteiger partial charge in [-0.2, -0.15) is 29.8 Å². The first-order chi connectivity index (χ1) is 28.1. The number of methoxy groups -OCH3 is 2. The van der Waals surface area contributed by atoms with Gasteiger partial charge in [-0.15, -0.1) is 0 Å². The molecule has 0 spiro atoms. The predicted molar refractivity (Wildman–Crippen MR) is 224 cm³/mol. The molecule has 0 saturated carbocycles. The molecule has 60 heavy (non-hydrogen) atoms. The van der Waals surface area contributed by atoms with Crippen LogP contribution in [0.3, 0.4) is 0 Å². The first-order valence-electron chi connectivity index (χ1n) is 19.5. The van der Waals surface area contributed by atoms with Gasteiger partial charge in [0.25, 0.3) is 30.4 Å². The van der Waals surface area contributed by atoms with E-state index in [0.717, 1.165) is 5.70 Å². The Bertz CT molecular complexity index is 2340. The Kier molecular flexibility index (Phi) is 16.4. The molecule has 2 unspecified atom stereocenters. The predicted octanol–water partition coefficient (Wildman–Crippen LogP) is 4.65. The summed E-state index contributed by atoms with van der Waals surface area (Å²) < 4.78 is 115. The highest BCUT2D eigenvalue weighted by Crippen LogP contribution is 2.51. The van der Waals surface area contributed by atoms with Crippen LogP contribution in [0.1, 0.15) is 82.8 Å². The molecule has 1 amide bonds. The summed E-state index contributed by atoms with van der Waals surface area (Å²) in [6, 6.07) is 8.54. The van der Waals surface area contributed by atoms with E-state index in [9.17, 15) is 53.6 Å². The Morgan fingerprint density at radius 1 is 0.800 bits per heavy atom. The SMILES string of the molecule is COCCNC(=O)CCCC1(C)C(=CC=CC2=[N+](CCCCCC(=O)O)c3ccc(S(=O)(=O)O)cc3C2(C)CCCS(=O)(=O)O)N(CCOC)c2ccc(S(=O)(=O)O)cc21. The van der Waals surface area contributed by atoms with Crippen LogP contribution in [0.4, 0.5) is 11.4 Å². The van der Waals surface area contributed by atoms with E-state index in [1.807, 2.05) is 35.5 Å². The number of carbonyl (C=O) groups is 2. The molecule has 0 fully saturated rings. The molecule has 2 aliphatic rings. The van der Waals surface area contributed by atoms with Gasteiger partial charge in [0.1, 0.15) is 6.54 Å². The van der Waals surface area contributed by atoms with Crippen LogP contribution in [-0.4, -0.2) is 119 Å². The van der Waals surface area contributed by atoms with Crippen LogP contribution in [-0.2, 0) is 60.2 Å². The zero-order valence-electron chi connectivity index (χ0n) is 34.3. The van der Waals surface area contributed by atoms with E-state index >= 15 is 0 Å². The number of carboxylic acids is 1. The van der Waals surface area contributed by atoms with Gasteiger partial charge in [-0.1, -0.05) is 6.08 Å². The van der Waals surface area contributed by atoms with E-state index in [4.69, 9.17) is 9.47 Å². The number of allylic oxidation sites excluding steroid dienone is 4. The molecule has 0 aromatic heterocycles. The topological polar surface area (TPSA) is 254 Å². The summed E-state index contributed by atoms with van der Waals surface area (Å²) in [6.07, 6.45) is 8.02. The molecule has 17 nitrogen and oxygen atoms in total. The lowest BCUT2D eigenvalue weighted by Crippen LogP contribution is -2.32. The normalized spacial score (nSPS) is 20.0. The van der Waals surface area contributed by atoms with Gasteiger partial charge in [-0.05, 0) is 94.3 Å². The second kappa shape index (κ2) is 20.2. The Hall–Kier alpha value is -4.02. The number of nitrogens with zero attached hydrogens (tertiary/aromatic N) is 2. The van der Waals surface area contributed by atoms with Crippen molar-refractivity contribution < 1.29 is 67.7 Å². The van der Waals surface area contributed by atoms with Crippen LogP contribution in [0.15, 0.2) is 70.1 Å². The van der Waals surface area contributed by atoms with Crippen molar-refractivity contribution in [2.24, 2.45) is 0 Å². The summed E-state index contributed by atoms with van der Waals surface area (Å²) in [5.41, 5.74) is 1.75. The summed E-state index contributed by atoms with van der Waals surface area (Å²) in [6.45, 7) is 5.41. The fraction of sp³-hybridized carbons (Fsp3) is 0.525. The number of hydrogen-bond acceptors (Lipinski definition) is 11. The van der Waals surface area contributed by atoms with Gasteiger partial charge in [-0.25, -0.2) is 0 Å². The van der Waals surface area contributed by atoms with Crippen molar-refractivity contribution in [1.82, 2.24) is 5.32 Å². The number of ether oxygens (including phenoxy) is 2. The monoisotopic (exact) mass is 898 g/mol. The minimum Gasteiger partial charge on any atom is -0.481 e. The maximum Gasteiger partial charge on any atom is 0.303 e. The van der Waals surface area contributed by atoms with Gasteiger partial charge < -0.3 is 24.8 Å². The second-order valence-corrected chi connectivity index (χ2v) is 19.8. The molecule has 2 aromatic carbocycles. The number of hydrogen-bond donors (Lipinski definition) is 5. The van der Waals surface area contributed by atoms with Gasteiger partial charge in [0.15, 0.2) is 5.71 Å². The van der Waals surface area contributed by atoms with Crippen LogP contribution in [0.5, 0.6) is 0 Å². The summed E-state index contributed by atoms with van der Waals surface area (Å²) in [4.78, 5) is 25.2. The van der Waals surface area contributed by atoms with Crippen molar-refractivity contribution in [3.63, 3.8) is 0 Å². The van der Waals surface area contributed by atoms with Crippen molar-refractivity contribution in [3.05, 3.63) is 71.5 Å². The summed E-state index contributed by atoms with van der Waals surface area (Å²) >= 11 is 0. The molecule has 0 aliphatic carbocycles. The molecule has 2 heterocycles. The van der Waals surface area contributed by atoms with Crippen LogP contribution >= 0.6 is 0 Å². The third-order valence-corrected chi connectivity index (χ3v) is 13.6. The smallest absolute Gasteiger partial charge is 0.303 e. The average Bonchev–Trinajstić information content (AvgIpc) is 3.52. The highest BCUT2D eigenvalue weighted by atomic mass is 32.2. The van der Waals surface area contributed by atoms with Gasteiger partial charge in [0, 0.05) is 81.1 Å². The lowest BCUT2D eigenvalue weighted by Gasteiger charge is -2.30. The average molecular weight is 899 g/mol. The molecule has 4 rings (SSSR count). The number of anilines is 1. The van der Waals surface area contributed by atoms with Crippen molar-refractivity contribution in [2.75, 3.05) is 57.7 Å². The third kappa shape index (κ3) is 12.1. The maximum absolute atomic E-state index is 12.7. The fourth-order valence-electron chi connectivity index (χ4n) is 8.12. The molecular weight excluding hydrogens is 843 g/mol. The molecular formula is C40H56N3O14S3+. The van der Waals surface area contributed by atoms with E-state index in [0.29, 0.717) is 86.6 Å². The number of aliphatic carboxylic acids is 1. The number of unbranched alkanes of at least 4 members (excludes halogenated alkanes) is 2. The quantitative estimate of drug-likeness (QED) is 0.0546. The largest absolute Gasteiger partial charge is 0.481 e. The molecule has 5 N–H and O–H groups in total. The molecule has 332 valence electrons. The van der Waals surface area contributed by atoms with Crippen molar-refractivity contribution in [1.29, 1.82) is 0 Å². The van der Waals surface area contributed by atoms with Crippen LogP contribution in [0, 0.1) is 0 Å². The molecule has 0 saturated heterocycles. The highest BCUT2D eigenvalue weighted by molar-refractivity contribution is 7.86. The van der Waals surface area contributed by atoms with E-state index in [2.05, 4.69) is 5.32 Å². The Balaban J connectivity index is 1.89. The Morgan fingerprint density at radius 2 is 1.43 bits per heavy atom. The fourth-order valence-corrected chi connectivity index (χ4v) is 9.64. The highest BCUT2D eigenvalue weighted by Gasteiger charge is 2.48. The minimum atomic E-state index is -4.64. The number of rotatable bonds is 24. The number of amides is 1. The second-order valence-electron chi connectivity index (χ2n) is 15.4. The minimum absolute atomic E-state index is 0.0108. The van der Waals surface area contributed by atoms with Crippen molar-refractivity contribution in [3.8, 4) is 0 Å². The van der Waals surface area contributed by atoms with Gasteiger partial charge >= 0.3 is 5.97 Å². The first-order valence-corrected chi connectivity index (χ1v) is 24.0. The van der Waals surface area contributed by atoms with Gasteiger partial charge in [-0.3, -0.25) is 23.2 Å². The number of carboxylic acid groups (broad SMARTS) is 1. The van der Waals surface area contributed by atoms with Crippen LogP contribution in [0.25, 0.3) is 0 Å². The molecule has 2 aromatic rings. The molecule has 0 bridgehead atoms. The molecule has 0 radical (unpaired) electrons. The Morgan fingerprint density at radius 3 is 2.05 bits per heavy atom. The number of fused-ring (bicyclic) bond motifs is 2. The Labute approximate surface area is 352 Å². The number of nitrogens with one attached hydrogen (secondary N) is 1. The third-order valence-electron chi connectivity index (χ3n) is 11.1. The number of carbonyl (C=O) groups excluding carboxylic acids is 1. The summed E-state index contributed by atoms with van der Waals surface area (Å²) in [5.74, 6) is -1.67. The van der Waals surface area contributed by atoms with E-state index in [1.165, 1.54) is 31.4 Å². The van der Waals surface area contributed by atoms with E-state index in [-0.39, 0.29) is 48.0 Å². The van der Waals surface area contributed by atoms with Crippen molar-refractivity contribution >= 4 is 59.3 Å². The summed E-state index contributed by atoms with van der Waals surface area (Å²) in [5, 5.41) is 12.0.